The van der Waals surface area contributed by atoms with Gasteiger partial charge in [-0.3, -0.25) is 4.79 Å². The van der Waals surface area contributed by atoms with E-state index in [0.717, 1.165) is 28.7 Å². The van der Waals surface area contributed by atoms with Crippen molar-refractivity contribution < 1.29 is 13.6 Å². The van der Waals surface area contributed by atoms with Crippen LogP contribution >= 0.6 is 11.8 Å². The number of aryl methyl sites for hydroxylation is 1. The Morgan fingerprint density at radius 1 is 1.15 bits per heavy atom. The highest BCUT2D eigenvalue weighted by atomic mass is 32.2. The molecule has 2 aromatic carbocycles. The highest BCUT2D eigenvalue weighted by molar-refractivity contribution is 8.00. The number of anilines is 1. The fourth-order valence-corrected chi connectivity index (χ4v) is 2.26. The Morgan fingerprint density at radius 3 is 2.55 bits per heavy atom. The van der Waals surface area contributed by atoms with Crippen molar-refractivity contribution in [3.05, 3.63) is 59.7 Å². The van der Waals surface area contributed by atoms with E-state index < -0.39 is 11.6 Å². The number of amides is 1. The molecule has 5 heteroatoms. The smallest absolute Gasteiger partial charge is 0.234 e. The van der Waals surface area contributed by atoms with Gasteiger partial charge in [0.05, 0.1) is 11.4 Å². The van der Waals surface area contributed by atoms with Crippen LogP contribution in [0.1, 0.15) is 5.56 Å². The molecule has 2 aromatic rings. The second-order valence-corrected chi connectivity index (χ2v) is 5.32. The molecule has 2 nitrogen and oxygen atoms in total. The Morgan fingerprint density at radius 2 is 1.85 bits per heavy atom. The normalized spacial score (nSPS) is 10.3. The maximum atomic E-state index is 13.3. The topological polar surface area (TPSA) is 29.1 Å². The van der Waals surface area contributed by atoms with Crippen molar-refractivity contribution in [2.45, 2.75) is 11.8 Å². The van der Waals surface area contributed by atoms with Crippen LogP contribution in [0.5, 0.6) is 0 Å². The first-order chi connectivity index (χ1) is 9.54. The molecule has 104 valence electrons. The standard InChI is InChI=1S/C15H13F2NOS/c1-10-2-5-12(6-3-10)20-9-15(19)18-14-8-11(16)4-7-13(14)17/h2-8H,9H2,1H3,(H,18,19). The van der Waals surface area contributed by atoms with E-state index in [1.807, 2.05) is 31.2 Å². The number of hydrogen-bond donors (Lipinski definition) is 1. The molecule has 0 spiro atoms. The molecule has 0 saturated heterocycles. The van der Waals surface area contributed by atoms with Crippen molar-refractivity contribution in [1.29, 1.82) is 0 Å². The van der Waals surface area contributed by atoms with E-state index in [0.29, 0.717) is 0 Å². The van der Waals surface area contributed by atoms with Gasteiger partial charge < -0.3 is 5.32 Å². The Kier molecular flexibility index (Phi) is 4.74. The van der Waals surface area contributed by atoms with Gasteiger partial charge in [-0.15, -0.1) is 11.8 Å². The number of hydrogen-bond acceptors (Lipinski definition) is 2. The van der Waals surface area contributed by atoms with Gasteiger partial charge >= 0.3 is 0 Å². The number of nitrogens with one attached hydrogen (secondary N) is 1. The largest absolute Gasteiger partial charge is 0.323 e. The molecule has 0 aliphatic rings. The minimum absolute atomic E-state index is 0.138. The molecule has 0 radical (unpaired) electrons. The summed E-state index contributed by atoms with van der Waals surface area (Å²) >= 11 is 1.34. The van der Waals surface area contributed by atoms with Crippen molar-refractivity contribution in [1.82, 2.24) is 0 Å². The number of carbonyl (C=O) groups is 1. The summed E-state index contributed by atoms with van der Waals surface area (Å²) in [7, 11) is 0. The number of halogens is 2. The lowest BCUT2D eigenvalue weighted by Gasteiger charge is -2.06. The second-order valence-electron chi connectivity index (χ2n) is 4.27. The third-order valence-corrected chi connectivity index (χ3v) is 3.61. The van der Waals surface area contributed by atoms with Crippen LogP contribution in [-0.4, -0.2) is 11.7 Å². The number of carbonyl (C=O) groups excluding carboxylic acids is 1. The molecule has 0 unspecified atom stereocenters. The van der Waals surface area contributed by atoms with Crippen molar-refractivity contribution in [3.63, 3.8) is 0 Å². The third-order valence-electron chi connectivity index (χ3n) is 2.59. The molecule has 0 heterocycles. The molecule has 0 aromatic heterocycles. The Balaban J connectivity index is 1.92. The van der Waals surface area contributed by atoms with Gasteiger partial charge in [-0.05, 0) is 31.2 Å². The predicted molar refractivity (Wildman–Crippen MR) is 76.9 cm³/mol. The van der Waals surface area contributed by atoms with E-state index in [1.165, 1.54) is 11.8 Å². The number of benzene rings is 2. The summed E-state index contributed by atoms with van der Waals surface area (Å²) in [6, 6.07) is 10.7. The van der Waals surface area contributed by atoms with E-state index in [9.17, 15) is 13.6 Å². The van der Waals surface area contributed by atoms with Crippen LogP contribution in [-0.2, 0) is 4.79 Å². The number of rotatable bonds is 4. The van der Waals surface area contributed by atoms with Crippen molar-refractivity contribution in [2.24, 2.45) is 0 Å². The quantitative estimate of drug-likeness (QED) is 0.863. The Labute approximate surface area is 120 Å². The van der Waals surface area contributed by atoms with Crippen LogP contribution in [0.4, 0.5) is 14.5 Å². The average Bonchev–Trinajstić information content (AvgIpc) is 2.42. The molecule has 0 atom stereocenters. The monoisotopic (exact) mass is 293 g/mol. The minimum atomic E-state index is -0.653. The Hall–Kier alpha value is -1.88. The summed E-state index contributed by atoms with van der Waals surface area (Å²) in [4.78, 5) is 12.6. The SMILES string of the molecule is Cc1ccc(SCC(=O)Nc2cc(F)ccc2F)cc1. The second kappa shape index (κ2) is 6.52. The maximum Gasteiger partial charge on any atom is 0.234 e. The lowest BCUT2D eigenvalue weighted by atomic mass is 10.2. The highest BCUT2D eigenvalue weighted by Crippen LogP contribution is 2.20. The fraction of sp³-hybridized carbons (Fsp3) is 0.133. The molecule has 0 aliphatic heterocycles. The fourth-order valence-electron chi connectivity index (χ4n) is 1.56. The van der Waals surface area contributed by atoms with Crippen LogP contribution in [0.2, 0.25) is 0 Å². The molecule has 0 saturated carbocycles. The lowest BCUT2D eigenvalue weighted by molar-refractivity contribution is -0.113. The van der Waals surface area contributed by atoms with E-state index in [1.54, 1.807) is 0 Å². The van der Waals surface area contributed by atoms with Crippen molar-refractivity contribution in [2.75, 3.05) is 11.1 Å². The summed E-state index contributed by atoms with van der Waals surface area (Å²) in [5.74, 6) is -1.48. The van der Waals surface area contributed by atoms with E-state index in [4.69, 9.17) is 0 Å². The zero-order valence-corrected chi connectivity index (χ0v) is 11.6. The van der Waals surface area contributed by atoms with E-state index >= 15 is 0 Å². The third kappa shape index (κ3) is 4.06. The summed E-state index contributed by atoms with van der Waals surface area (Å²) in [5, 5.41) is 2.36. The van der Waals surface area contributed by atoms with E-state index in [2.05, 4.69) is 5.32 Å². The summed E-state index contributed by atoms with van der Waals surface area (Å²) in [5.41, 5.74) is 1.00. The first-order valence-corrected chi connectivity index (χ1v) is 6.97. The van der Waals surface area contributed by atoms with Crippen LogP contribution < -0.4 is 5.32 Å². The average molecular weight is 293 g/mol. The molecule has 0 fully saturated rings. The van der Waals surface area contributed by atoms with E-state index in [-0.39, 0.29) is 17.3 Å². The molecular formula is C15H13F2NOS. The molecule has 1 amide bonds. The maximum absolute atomic E-state index is 13.3. The minimum Gasteiger partial charge on any atom is -0.323 e. The summed E-state index contributed by atoms with van der Waals surface area (Å²) < 4.78 is 26.3. The van der Waals surface area contributed by atoms with Gasteiger partial charge in [-0.2, -0.15) is 0 Å². The van der Waals surface area contributed by atoms with Gasteiger partial charge in [0.2, 0.25) is 5.91 Å². The van der Waals surface area contributed by atoms with Gasteiger partial charge in [0, 0.05) is 11.0 Å². The van der Waals surface area contributed by atoms with Crippen LogP contribution in [0.15, 0.2) is 47.4 Å². The Bertz CT molecular complexity index is 614. The van der Waals surface area contributed by atoms with Crippen LogP contribution in [0.3, 0.4) is 0 Å². The molecule has 1 N–H and O–H groups in total. The number of thioether (sulfide) groups is 1. The lowest BCUT2D eigenvalue weighted by Crippen LogP contribution is -2.15. The van der Waals surface area contributed by atoms with Crippen molar-refractivity contribution >= 4 is 23.4 Å². The van der Waals surface area contributed by atoms with Gasteiger partial charge in [-0.25, -0.2) is 8.78 Å². The molecule has 20 heavy (non-hydrogen) atoms. The molecule has 0 bridgehead atoms. The van der Waals surface area contributed by atoms with Gasteiger partial charge in [0.25, 0.3) is 0 Å². The van der Waals surface area contributed by atoms with Crippen LogP contribution in [0, 0.1) is 18.6 Å². The first kappa shape index (κ1) is 14.5. The van der Waals surface area contributed by atoms with Crippen LogP contribution in [0.25, 0.3) is 0 Å². The van der Waals surface area contributed by atoms with Crippen molar-refractivity contribution in [3.8, 4) is 0 Å². The van der Waals surface area contributed by atoms with Gasteiger partial charge in [0.15, 0.2) is 0 Å². The van der Waals surface area contributed by atoms with Gasteiger partial charge in [-0.1, -0.05) is 17.7 Å². The highest BCUT2D eigenvalue weighted by Gasteiger charge is 2.08. The zero-order chi connectivity index (χ0) is 14.5. The summed E-state index contributed by atoms with van der Waals surface area (Å²) in [6.45, 7) is 1.98. The molecule has 0 aliphatic carbocycles. The summed E-state index contributed by atoms with van der Waals surface area (Å²) in [6.07, 6.45) is 0. The van der Waals surface area contributed by atoms with Gasteiger partial charge in [0.1, 0.15) is 11.6 Å². The molecular weight excluding hydrogens is 280 g/mol. The zero-order valence-electron chi connectivity index (χ0n) is 10.8. The predicted octanol–water partition coefficient (Wildman–Crippen LogP) is 4.00. The molecule has 2 rings (SSSR count). The first-order valence-electron chi connectivity index (χ1n) is 5.99.